The third-order valence-corrected chi connectivity index (χ3v) is 3.28. The quantitative estimate of drug-likeness (QED) is 0.797. The van der Waals surface area contributed by atoms with Gasteiger partial charge in [0.2, 0.25) is 0 Å². The van der Waals surface area contributed by atoms with Gasteiger partial charge in [0.1, 0.15) is 5.82 Å². The van der Waals surface area contributed by atoms with E-state index in [0.29, 0.717) is 18.0 Å². The molecular formula is C14H13ClN4. The highest BCUT2D eigenvalue weighted by Crippen LogP contribution is 2.26. The topological polar surface area (TPSA) is 56.7 Å². The van der Waals surface area contributed by atoms with Gasteiger partial charge in [-0.25, -0.2) is 4.98 Å². The van der Waals surface area contributed by atoms with Crippen molar-refractivity contribution in [3.63, 3.8) is 0 Å². The summed E-state index contributed by atoms with van der Waals surface area (Å²) < 4.78 is 2.05. The van der Waals surface area contributed by atoms with Gasteiger partial charge >= 0.3 is 0 Å². The molecule has 0 radical (unpaired) electrons. The van der Waals surface area contributed by atoms with Crippen LogP contribution in [0.2, 0.25) is 5.02 Å². The van der Waals surface area contributed by atoms with Crippen molar-refractivity contribution in [2.45, 2.75) is 6.42 Å². The Labute approximate surface area is 115 Å². The van der Waals surface area contributed by atoms with E-state index < -0.39 is 0 Å². The number of rotatable bonds is 3. The van der Waals surface area contributed by atoms with Gasteiger partial charge < -0.3 is 5.73 Å². The van der Waals surface area contributed by atoms with Crippen molar-refractivity contribution in [3.8, 4) is 5.69 Å². The zero-order chi connectivity index (χ0) is 13.2. The van der Waals surface area contributed by atoms with E-state index in [1.54, 1.807) is 12.4 Å². The molecule has 2 heterocycles. The summed E-state index contributed by atoms with van der Waals surface area (Å²) in [7, 11) is 0. The Hall–Kier alpha value is -1.91. The van der Waals surface area contributed by atoms with E-state index in [-0.39, 0.29) is 0 Å². The number of aromatic nitrogens is 3. The van der Waals surface area contributed by atoms with Gasteiger partial charge in [-0.15, -0.1) is 0 Å². The first-order chi connectivity index (χ1) is 9.31. The van der Waals surface area contributed by atoms with E-state index in [9.17, 15) is 0 Å². The number of para-hydroxylation sites is 2. The van der Waals surface area contributed by atoms with Gasteiger partial charge in [-0.05, 0) is 24.7 Å². The molecule has 0 saturated heterocycles. The van der Waals surface area contributed by atoms with Crippen LogP contribution < -0.4 is 5.73 Å². The summed E-state index contributed by atoms with van der Waals surface area (Å²) in [5, 5.41) is 0.601. The molecule has 3 aromatic rings. The summed E-state index contributed by atoms with van der Waals surface area (Å²) in [6.07, 6.45) is 4.06. The zero-order valence-electron chi connectivity index (χ0n) is 10.3. The summed E-state index contributed by atoms with van der Waals surface area (Å²) in [6.45, 7) is 0.548. The fraction of sp³-hybridized carbons (Fsp3) is 0.143. The van der Waals surface area contributed by atoms with Gasteiger partial charge in [-0.1, -0.05) is 23.7 Å². The minimum Gasteiger partial charge on any atom is -0.330 e. The Morgan fingerprint density at radius 2 is 2.05 bits per heavy atom. The van der Waals surface area contributed by atoms with Gasteiger partial charge in [0.05, 0.1) is 21.7 Å². The monoisotopic (exact) mass is 272 g/mol. The molecular weight excluding hydrogens is 260 g/mol. The number of nitrogens with zero attached hydrogens (tertiary/aromatic N) is 3. The predicted molar refractivity (Wildman–Crippen MR) is 76.6 cm³/mol. The molecule has 1 aromatic carbocycles. The number of fused-ring (bicyclic) bond motifs is 1. The van der Waals surface area contributed by atoms with Crippen LogP contribution in [-0.4, -0.2) is 21.1 Å². The Morgan fingerprint density at radius 3 is 2.84 bits per heavy atom. The third-order valence-electron chi connectivity index (χ3n) is 2.99. The number of imidazole rings is 1. The van der Waals surface area contributed by atoms with E-state index in [4.69, 9.17) is 17.3 Å². The normalized spacial score (nSPS) is 11.1. The molecule has 2 aromatic heterocycles. The maximum Gasteiger partial charge on any atom is 0.115 e. The molecule has 0 amide bonds. The molecule has 0 fully saturated rings. The van der Waals surface area contributed by atoms with E-state index in [1.807, 2.05) is 34.9 Å². The molecule has 19 heavy (non-hydrogen) atoms. The van der Waals surface area contributed by atoms with Gasteiger partial charge in [-0.3, -0.25) is 9.55 Å². The average molecular weight is 273 g/mol. The van der Waals surface area contributed by atoms with E-state index in [1.165, 1.54) is 0 Å². The highest BCUT2D eigenvalue weighted by Gasteiger charge is 2.13. The van der Waals surface area contributed by atoms with Crippen LogP contribution >= 0.6 is 11.6 Å². The van der Waals surface area contributed by atoms with Gasteiger partial charge in [0.15, 0.2) is 0 Å². The molecule has 4 nitrogen and oxygen atoms in total. The van der Waals surface area contributed by atoms with Crippen molar-refractivity contribution in [1.29, 1.82) is 0 Å². The van der Waals surface area contributed by atoms with Crippen LogP contribution in [0.1, 0.15) is 5.82 Å². The zero-order valence-corrected chi connectivity index (χ0v) is 11.0. The molecule has 3 rings (SSSR count). The lowest BCUT2D eigenvalue weighted by Crippen LogP contribution is -2.09. The number of hydrogen-bond acceptors (Lipinski definition) is 3. The number of pyridine rings is 1. The van der Waals surface area contributed by atoms with Gasteiger partial charge in [0.25, 0.3) is 0 Å². The van der Waals surface area contributed by atoms with Crippen LogP contribution in [0, 0.1) is 0 Å². The molecule has 5 heteroatoms. The molecule has 0 spiro atoms. The molecule has 0 unspecified atom stereocenters. The maximum absolute atomic E-state index is 6.25. The van der Waals surface area contributed by atoms with Crippen molar-refractivity contribution in [2.24, 2.45) is 5.73 Å². The summed E-state index contributed by atoms with van der Waals surface area (Å²) in [5.74, 6) is 0.914. The number of nitrogens with two attached hydrogens (primary N) is 1. The Bertz CT molecular complexity index is 720. The van der Waals surface area contributed by atoms with Gasteiger partial charge in [-0.2, -0.15) is 0 Å². The minimum atomic E-state index is 0.548. The lowest BCUT2D eigenvalue weighted by Gasteiger charge is -2.10. The first kappa shape index (κ1) is 12.1. The summed E-state index contributed by atoms with van der Waals surface area (Å²) in [5.41, 5.74) is 8.52. The summed E-state index contributed by atoms with van der Waals surface area (Å²) in [4.78, 5) is 8.64. The molecule has 0 aliphatic rings. The van der Waals surface area contributed by atoms with Crippen LogP contribution in [0.5, 0.6) is 0 Å². The second-order valence-electron chi connectivity index (χ2n) is 4.22. The first-order valence-corrected chi connectivity index (χ1v) is 6.45. The molecule has 0 bridgehead atoms. The Balaban J connectivity index is 2.31. The molecule has 96 valence electrons. The van der Waals surface area contributed by atoms with E-state index >= 15 is 0 Å². The lowest BCUT2D eigenvalue weighted by atomic mass is 10.3. The van der Waals surface area contributed by atoms with Crippen LogP contribution in [0.4, 0.5) is 0 Å². The highest BCUT2D eigenvalue weighted by molar-refractivity contribution is 6.32. The predicted octanol–water partition coefficient (Wildman–Crippen LogP) is 2.58. The molecule has 0 aliphatic heterocycles. The lowest BCUT2D eigenvalue weighted by molar-refractivity contribution is 0.847. The molecule has 0 saturated carbocycles. The Morgan fingerprint density at radius 1 is 1.21 bits per heavy atom. The molecule has 0 atom stereocenters. The smallest absolute Gasteiger partial charge is 0.115 e. The van der Waals surface area contributed by atoms with E-state index in [2.05, 4.69) is 9.97 Å². The van der Waals surface area contributed by atoms with Crippen LogP contribution in [0.3, 0.4) is 0 Å². The largest absolute Gasteiger partial charge is 0.330 e. The number of hydrogen-bond donors (Lipinski definition) is 1. The second kappa shape index (κ2) is 4.99. The van der Waals surface area contributed by atoms with Crippen molar-refractivity contribution in [2.75, 3.05) is 6.54 Å². The number of benzene rings is 1. The van der Waals surface area contributed by atoms with Crippen molar-refractivity contribution in [1.82, 2.24) is 14.5 Å². The molecule has 2 N–H and O–H groups in total. The maximum atomic E-state index is 6.25. The van der Waals surface area contributed by atoms with Crippen LogP contribution in [-0.2, 0) is 6.42 Å². The SMILES string of the molecule is NCCc1nc2ccccc2n1-c1ccncc1Cl. The Kier molecular flexibility index (Phi) is 3.19. The van der Waals surface area contributed by atoms with Crippen molar-refractivity contribution < 1.29 is 0 Å². The number of halogens is 1. The van der Waals surface area contributed by atoms with E-state index in [0.717, 1.165) is 22.5 Å². The van der Waals surface area contributed by atoms with Crippen LogP contribution in [0.25, 0.3) is 16.7 Å². The second-order valence-corrected chi connectivity index (χ2v) is 4.63. The molecule has 0 aliphatic carbocycles. The standard InChI is InChI=1S/C14H13ClN4/c15-10-9-17-8-6-12(10)19-13-4-2-1-3-11(13)18-14(19)5-7-16/h1-4,6,8-9H,5,7,16H2. The average Bonchev–Trinajstić information content (AvgIpc) is 2.78. The summed E-state index contributed by atoms with van der Waals surface area (Å²) in [6, 6.07) is 9.86. The third kappa shape index (κ3) is 2.09. The van der Waals surface area contributed by atoms with Crippen molar-refractivity contribution in [3.05, 3.63) is 53.6 Å². The van der Waals surface area contributed by atoms with Gasteiger partial charge in [0, 0.05) is 18.8 Å². The van der Waals surface area contributed by atoms with Crippen LogP contribution in [0.15, 0.2) is 42.7 Å². The fourth-order valence-electron chi connectivity index (χ4n) is 2.19. The van der Waals surface area contributed by atoms with Crippen molar-refractivity contribution >= 4 is 22.6 Å². The summed E-state index contributed by atoms with van der Waals surface area (Å²) >= 11 is 6.25. The first-order valence-electron chi connectivity index (χ1n) is 6.07. The fourth-order valence-corrected chi connectivity index (χ4v) is 2.39. The minimum absolute atomic E-state index is 0.548. The highest BCUT2D eigenvalue weighted by atomic mass is 35.5.